The van der Waals surface area contributed by atoms with Gasteiger partial charge in [0.1, 0.15) is 6.61 Å². The molecule has 0 unspecified atom stereocenters. The molecule has 7 heteroatoms. The predicted molar refractivity (Wildman–Crippen MR) is 98.9 cm³/mol. The van der Waals surface area contributed by atoms with Crippen LogP contribution in [-0.4, -0.2) is 38.5 Å². The second kappa shape index (κ2) is 9.03. The highest BCUT2D eigenvalue weighted by molar-refractivity contribution is 7.99. The van der Waals surface area contributed by atoms with E-state index in [0.717, 1.165) is 9.20 Å². The second-order valence-corrected chi connectivity index (χ2v) is 8.83. The molecule has 0 radical (unpaired) electrons. The minimum Gasteiger partial charge on any atom is -0.461 e. The lowest BCUT2D eigenvalue weighted by atomic mass is 10.2. The topological polar surface area (TPSA) is 63.7 Å². The quantitative estimate of drug-likeness (QED) is 0.521. The number of carbonyl (C=O) groups excluding carboxylic acids is 1. The third-order valence-electron chi connectivity index (χ3n) is 3.39. The third kappa shape index (κ3) is 5.88. The van der Waals surface area contributed by atoms with Crippen molar-refractivity contribution < 1.29 is 17.9 Å². The first-order valence-electron chi connectivity index (χ1n) is 7.74. The van der Waals surface area contributed by atoms with Gasteiger partial charge in [0.15, 0.2) is 0 Å². The summed E-state index contributed by atoms with van der Waals surface area (Å²) in [4.78, 5) is 13.1. The van der Waals surface area contributed by atoms with Crippen molar-refractivity contribution in [1.29, 1.82) is 0 Å². The van der Waals surface area contributed by atoms with Crippen molar-refractivity contribution in [2.45, 2.75) is 22.8 Å². The van der Waals surface area contributed by atoms with E-state index in [1.54, 1.807) is 23.9 Å². The summed E-state index contributed by atoms with van der Waals surface area (Å²) in [6.45, 7) is 0.0611. The summed E-state index contributed by atoms with van der Waals surface area (Å²) in [6, 6.07) is 16.3. The third-order valence-corrected chi connectivity index (χ3v) is 6.22. The molecule has 0 saturated heterocycles. The molecule has 0 N–H and O–H groups in total. The molecule has 0 saturated carbocycles. The fourth-order valence-corrected chi connectivity index (χ4v) is 3.84. The number of nitrogens with zero attached hydrogens (tertiary/aromatic N) is 1. The van der Waals surface area contributed by atoms with Gasteiger partial charge in [-0.05, 0) is 29.8 Å². The second-order valence-electron chi connectivity index (χ2n) is 5.51. The van der Waals surface area contributed by atoms with Gasteiger partial charge in [-0.1, -0.05) is 30.3 Å². The van der Waals surface area contributed by atoms with Gasteiger partial charge in [0.2, 0.25) is 10.0 Å². The molecule has 0 aliphatic heterocycles. The van der Waals surface area contributed by atoms with Gasteiger partial charge < -0.3 is 4.74 Å². The largest absolute Gasteiger partial charge is 0.461 e. The first-order chi connectivity index (χ1) is 11.9. The van der Waals surface area contributed by atoms with Crippen LogP contribution < -0.4 is 0 Å². The number of esters is 1. The number of ether oxygens (including phenoxy) is 1. The van der Waals surface area contributed by atoms with Crippen molar-refractivity contribution in [3.8, 4) is 0 Å². The summed E-state index contributed by atoms with van der Waals surface area (Å²) in [5.41, 5.74) is 0.645. The van der Waals surface area contributed by atoms with E-state index in [-0.39, 0.29) is 17.5 Å². The molecule has 0 atom stereocenters. The molecule has 0 amide bonds. The smallest absolute Gasteiger partial charge is 0.306 e. The maximum absolute atomic E-state index is 12.1. The Morgan fingerprint density at radius 3 is 2.48 bits per heavy atom. The molecule has 0 fully saturated rings. The number of sulfonamides is 1. The molecule has 134 valence electrons. The highest BCUT2D eigenvalue weighted by Crippen LogP contribution is 2.18. The van der Waals surface area contributed by atoms with Gasteiger partial charge in [-0.25, -0.2) is 12.7 Å². The molecular formula is C18H21NO4S2. The van der Waals surface area contributed by atoms with Crippen molar-refractivity contribution in [2.24, 2.45) is 0 Å². The fraction of sp³-hybridized carbons (Fsp3) is 0.278. The van der Waals surface area contributed by atoms with Crippen molar-refractivity contribution in [1.82, 2.24) is 4.31 Å². The molecule has 2 rings (SSSR count). The van der Waals surface area contributed by atoms with E-state index in [0.29, 0.717) is 17.7 Å². The molecular weight excluding hydrogens is 358 g/mol. The number of rotatable bonds is 8. The number of carbonyl (C=O) groups is 1. The van der Waals surface area contributed by atoms with Gasteiger partial charge in [0.25, 0.3) is 0 Å². The molecule has 0 aliphatic rings. The van der Waals surface area contributed by atoms with Crippen LogP contribution in [-0.2, 0) is 26.2 Å². The van der Waals surface area contributed by atoms with Crippen LogP contribution in [0.3, 0.4) is 0 Å². The Balaban J connectivity index is 1.84. The average molecular weight is 380 g/mol. The molecule has 2 aromatic rings. The summed E-state index contributed by atoms with van der Waals surface area (Å²) in [7, 11) is -0.536. The van der Waals surface area contributed by atoms with Crippen LogP contribution in [0, 0.1) is 0 Å². The summed E-state index contributed by atoms with van der Waals surface area (Å²) >= 11 is 1.59. The van der Waals surface area contributed by atoms with Crippen LogP contribution in [0.5, 0.6) is 0 Å². The lowest BCUT2D eigenvalue weighted by Crippen LogP contribution is -2.22. The van der Waals surface area contributed by atoms with E-state index >= 15 is 0 Å². The fourth-order valence-electron chi connectivity index (χ4n) is 2.01. The summed E-state index contributed by atoms with van der Waals surface area (Å²) < 4.78 is 30.6. The number of benzene rings is 2. The molecule has 0 bridgehead atoms. The van der Waals surface area contributed by atoms with E-state index < -0.39 is 10.0 Å². The van der Waals surface area contributed by atoms with Crippen LogP contribution >= 0.6 is 11.8 Å². The van der Waals surface area contributed by atoms with Crippen LogP contribution in [0.2, 0.25) is 0 Å². The zero-order valence-corrected chi connectivity index (χ0v) is 15.8. The zero-order chi connectivity index (χ0) is 18.3. The highest BCUT2D eigenvalue weighted by atomic mass is 32.2. The van der Waals surface area contributed by atoms with Crippen molar-refractivity contribution >= 4 is 27.8 Å². The molecule has 0 aromatic heterocycles. The molecule has 5 nitrogen and oxygen atoms in total. The maximum atomic E-state index is 12.1. The van der Waals surface area contributed by atoms with E-state index in [9.17, 15) is 13.2 Å². The van der Waals surface area contributed by atoms with Gasteiger partial charge in [-0.2, -0.15) is 0 Å². The Bertz CT molecular complexity index is 805. The first-order valence-corrected chi connectivity index (χ1v) is 10.2. The zero-order valence-electron chi connectivity index (χ0n) is 14.2. The number of thioether (sulfide) groups is 1. The summed E-state index contributed by atoms with van der Waals surface area (Å²) in [6.07, 6.45) is 0.301. The van der Waals surface area contributed by atoms with E-state index in [2.05, 4.69) is 0 Å². The Hall–Kier alpha value is -1.83. The molecule has 2 aromatic carbocycles. The highest BCUT2D eigenvalue weighted by Gasteiger charge is 2.17. The first kappa shape index (κ1) is 19.5. The minimum atomic E-state index is -3.49. The summed E-state index contributed by atoms with van der Waals surface area (Å²) in [5, 5.41) is 0. The van der Waals surface area contributed by atoms with Gasteiger partial charge in [-0.15, -0.1) is 11.8 Å². The standard InChI is InChI=1S/C18H21NO4S2/c1-19(2)25(21,22)17-10-6-7-15(13-17)14-23-18(20)11-12-24-16-8-4-3-5-9-16/h3-10,13H,11-12,14H2,1-2H3. The average Bonchev–Trinajstić information content (AvgIpc) is 2.61. The van der Waals surface area contributed by atoms with Crippen LogP contribution in [0.1, 0.15) is 12.0 Å². The van der Waals surface area contributed by atoms with Gasteiger partial charge in [0.05, 0.1) is 11.3 Å². The van der Waals surface area contributed by atoms with E-state index in [4.69, 9.17) is 4.74 Å². The predicted octanol–water partition coefficient (Wildman–Crippen LogP) is 3.16. The van der Waals surface area contributed by atoms with Gasteiger partial charge >= 0.3 is 5.97 Å². The molecule has 0 spiro atoms. The summed E-state index contributed by atoms with van der Waals surface area (Å²) in [5.74, 6) is 0.335. The Morgan fingerprint density at radius 1 is 1.08 bits per heavy atom. The maximum Gasteiger partial charge on any atom is 0.306 e. The van der Waals surface area contributed by atoms with Crippen molar-refractivity contribution in [2.75, 3.05) is 19.8 Å². The number of hydrogen-bond acceptors (Lipinski definition) is 5. The van der Waals surface area contributed by atoms with Gasteiger partial charge in [0, 0.05) is 24.7 Å². The van der Waals surface area contributed by atoms with E-state index in [1.165, 1.54) is 26.2 Å². The van der Waals surface area contributed by atoms with Crippen molar-refractivity contribution in [3.63, 3.8) is 0 Å². The Morgan fingerprint density at radius 2 is 1.80 bits per heavy atom. The molecule has 25 heavy (non-hydrogen) atoms. The lowest BCUT2D eigenvalue weighted by Gasteiger charge is -2.12. The van der Waals surface area contributed by atoms with Gasteiger partial charge in [-0.3, -0.25) is 4.79 Å². The van der Waals surface area contributed by atoms with Crippen LogP contribution in [0.15, 0.2) is 64.4 Å². The van der Waals surface area contributed by atoms with Crippen LogP contribution in [0.4, 0.5) is 0 Å². The SMILES string of the molecule is CN(C)S(=O)(=O)c1cccc(COC(=O)CCSc2ccccc2)c1. The minimum absolute atomic E-state index is 0.0611. The van der Waals surface area contributed by atoms with Crippen molar-refractivity contribution in [3.05, 3.63) is 60.2 Å². The Kier molecular flexibility index (Phi) is 7.04. The Labute approximate surface area is 153 Å². The normalized spacial score (nSPS) is 11.5. The number of hydrogen-bond donors (Lipinski definition) is 0. The molecule has 0 aliphatic carbocycles. The van der Waals surface area contributed by atoms with E-state index in [1.807, 2.05) is 30.3 Å². The monoisotopic (exact) mass is 379 g/mol. The molecule has 0 heterocycles. The lowest BCUT2D eigenvalue weighted by molar-refractivity contribution is -0.144. The van der Waals surface area contributed by atoms with Crippen LogP contribution in [0.25, 0.3) is 0 Å².